The summed E-state index contributed by atoms with van der Waals surface area (Å²) < 4.78 is 35.6. The summed E-state index contributed by atoms with van der Waals surface area (Å²) >= 11 is 0. The molecule has 7 heteroatoms. The molecule has 0 aliphatic rings. The topological polar surface area (TPSA) is 55.2 Å². The number of nitro groups is 1. The van der Waals surface area contributed by atoms with E-state index in [4.69, 9.17) is 0 Å². The Morgan fingerprint density at radius 2 is 1.89 bits per heavy atom. The van der Waals surface area contributed by atoms with Gasteiger partial charge in [-0.1, -0.05) is 18.2 Å². The maximum atomic E-state index is 11.9. The molecule has 0 bridgehead atoms. The van der Waals surface area contributed by atoms with E-state index in [9.17, 15) is 23.3 Å². The second kappa shape index (κ2) is 7.08. The molecule has 19 heavy (non-hydrogen) atoms. The molecule has 0 aliphatic heterocycles. The monoisotopic (exact) mass is 276 g/mol. The van der Waals surface area contributed by atoms with E-state index in [1.54, 1.807) is 18.2 Å². The van der Waals surface area contributed by atoms with Crippen LogP contribution in [0.15, 0.2) is 24.3 Å². The summed E-state index contributed by atoms with van der Waals surface area (Å²) in [5, 5.41) is 13.6. The highest BCUT2D eigenvalue weighted by atomic mass is 19.4. The number of hydrogen-bond acceptors (Lipinski definition) is 3. The van der Waals surface area contributed by atoms with Gasteiger partial charge in [0.1, 0.15) is 0 Å². The molecule has 1 aromatic rings. The minimum Gasteiger partial charge on any atom is -0.312 e. The van der Waals surface area contributed by atoms with E-state index in [1.165, 1.54) is 6.07 Å². The van der Waals surface area contributed by atoms with Crippen LogP contribution in [0.4, 0.5) is 18.9 Å². The highest BCUT2D eigenvalue weighted by Gasteiger charge is 2.25. The van der Waals surface area contributed by atoms with Gasteiger partial charge in [-0.25, -0.2) is 0 Å². The molecule has 0 radical (unpaired) electrons. The number of rotatable bonds is 7. The van der Waals surface area contributed by atoms with Gasteiger partial charge in [-0.2, -0.15) is 13.2 Å². The first-order valence-corrected chi connectivity index (χ1v) is 5.90. The Labute approximate surface area is 108 Å². The van der Waals surface area contributed by atoms with Gasteiger partial charge in [0.15, 0.2) is 0 Å². The van der Waals surface area contributed by atoms with E-state index >= 15 is 0 Å². The number of halogens is 3. The average molecular weight is 276 g/mol. The average Bonchev–Trinajstić information content (AvgIpc) is 2.32. The molecule has 0 fully saturated rings. The van der Waals surface area contributed by atoms with Crippen molar-refractivity contribution in [3.05, 3.63) is 39.9 Å². The smallest absolute Gasteiger partial charge is 0.312 e. The lowest BCUT2D eigenvalue weighted by atomic mass is 10.1. The zero-order valence-corrected chi connectivity index (χ0v) is 10.2. The summed E-state index contributed by atoms with van der Waals surface area (Å²) in [7, 11) is 0. The van der Waals surface area contributed by atoms with Crippen molar-refractivity contribution in [1.29, 1.82) is 0 Å². The first-order valence-electron chi connectivity index (χ1n) is 5.90. The van der Waals surface area contributed by atoms with Crippen LogP contribution in [0.1, 0.15) is 24.8 Å². The zero-order valence-electron chi connectivity index (χ0n) is 10.2. The number of hydrogen-bond donors (Lipinski definition) is 1. The number of alkyl halides is 3. The van der Waals surface area contributed by atoms with Crippen molar-refractivity contribution < 1.29 is 18.1 Å². The molecule has 0 saturated carbocycles. The van der Waals surface area contributed by atoms with Gasteiger partial charge in [-0.05, 0) is 19.4 Å². The highest BCUT2D eigenvalue weighted by molar-refractivity contribution is 5.39. The third kappa shape index (κ3) is 6.19. The summed E-state index contributed by atoms with van der Waals surface area (Å²) in [6.45, 7) is 0.686. The van der Waals surface area contributed by atoms with E-state index in [2.05, 4.69) is 5.32 Å². The van der Waals surface area contributed by atoms with Gasteiger partial charge in [0.25, 0.3) is 5.69 Å². The Morgan fingerprint density at radius 1 is 1.21 bits per heavy atom. The van der Waals surface area contributed by atoms with Crippen molar-refractivity contribution in [2.75, 3.05) is 6.54 Å². The summed E-state index contributed by atoms with van der Waals surface area (Å²) in [5.41, 5.74) is 0.550. The number of benzene rings is 1. The van der Waals surface area contributed by atoms with E-state index in [0.29, 0.717) is 18.5 Å². The lowest BCUT2D eigenvalue weighted by Crippen LogP contribution is -2.16. The van der Waals surface area contributed by atoms with E-state index in [0.717, 1.165) is 0 Å². The van der Waals surface area contributed by atoms with Crippen molar-refractivity contribution in [2.45, 2.75) is 32.0 Å². The molecule has 0 amide bonds. The molecular formula is C12H15F3N2O2. The molecule has 0 unspecified atom stereocenters. The zero-order chi connectivity index (χ0) is 14.3. The highest BCUT2D eigenvalue weighted by Crippen LogP contribution is 2.22. The predicted octanol–water partition coefficient (Wildman–Crippen LogP) is 3.42. The first kappa shape index (κ1) is 15.4. The van der Waals surface area contributed by atoms with Gasteiger partial charge >= 0.3 is 6.18 Å². The third-order valence-electron chi connectivity index (χ3n) is 2.57. The molecule has 0 atom stereocenters. The summed E-state index contributed by atoms with van der Waals surface area (Å²) in [4.78, 5) is 10.2. The van der Waals surface area contributed by atoms with Crippen LogP contribution in [0.3, 0.4) is 0 Å². The molecule has 0 heterocycles. The van der Waals surface area contributed by atoms with Gasteiger partial charge in [-0.3, -0.25) is 10.1 Å². The maximum absolute atomic E-state index is 11.9. The molecule has 0 aromatic heterocycles. The molecule has 0 aliphatic carbocycles. The third-order valence-corrected chi connectivity index (χ3v) is 2.57. The van der Waals surface area contributed by atoms with Crippen molar-refractivity contribution in [2.24, 2.45) is 0 Å². The minimum absolute atomic E-state index is 0.0188. The Bertz CT molecular complexity index is 422. The van der Waals surface area contributed by atoms with Crippen LogP contribution >= 0.6 is 0 Å². The van der Waals surface area contributed by atoms with Crippen LogP contribution in [0.2, 0.25) is 0 Å². The van der Waals surface area contributed by atoms with E-state index < -0.39 is 17.5 Å². The van der Waals surface area contributed by atoms with Gasteiger partial charge in [0.2, 0.25) is 0 Å². The number of para-hydroxylation sites is 1. The number of nitro benzene ring substituents is 1. The fraction of sp³-hybridized carbons (Fsp3) is 0.500. The van der Waals surface area contributed by atoms with Gasteiger partial charge in [-0.15, -0.1) is 0 Å². The quantitative estimate of drug-likeness (QED) is 0.471. The van der Waals surface area contributed by atoms with Crippen LogP contribution in [-0.4, -0.2) is 17.6 Å². The number of nitrogens with zero attached hydrogens (tertiary/aromatic N) is 1. The summed E-state index contributed by atoms with van der Waals surface area (Å²) in [6.07, 6.45) is -4.45. The Morgan fingerprint density at radius 3 is 2.53 bits per heavy atom. The van der Waals surface area contributed by atoms with Gasteiger partial charge in [0.05, 0.1) is 4.92 Å². The second-order valence-electron chi connectivity index (χ2n) is 4.13. The summed E-state index contributed by atoms with van der Waals surface area (Å²) in [6, 6.07) is 6.29. The van der Waals surface area contributed by atoms with Crippen LogP contribution in [0.5, 0.6) is 0 Å². The molecule has 106 valence electrons. The van der Waals surface area contributed by atoms with Crippen molar-refractivity contribution in [3.8, 4) is 0 Å². The predicted molar refractivity (Wildman–Crippen MR) is 64.7 cm³/mol. The van der Waals surface area contributed by atoms with Gasteiger partial charge < -0.3 is 5.32 Å². The molecule has 0 spiro atoms. The molecule has 1 N–H and O–H groups in total. The normalized spacial score (nSPS) is 11.5. The van der Waals surface area contributed by atoms with Crippen LogP contribution < -0.4 is 5.32 Å². The molecule has 1 aromatic carbocycles. The van der Waals surface area contributed by atoms with Gasteiger partial charge in [0, 0.05) is 24.6 Å². The first-order chi connectivity index (χ1) is 8.90. The Balaban J connectivity index is 2.28. The van der Waals surface area contributed by atoms with Crippen molar-refractivity contribution in [3.63, 3.8) is 0 Å². The number of nitrogens with one attached hydrogen (secondary N) is 1. The SMILES string of the molecule is O=[N+]([O-])c1ccccc1CNCCCCC(F)(F)F. The summed E-state index contributed by atoms with van der Waals surface area (Å²) in [5.74, 6) is 0. The second-order valence-corrected chi connectivity index (χ2v) is 4.13. The Hall–Kier alpha value is -1.63. The fourth-order valence-corrected chi connectivity index (χ4v) is 1.64. The van der Waals surface area contributed by atoms with Crippen LogP contribution in [0, 0.1) is 10.1 Å². The largest absolute Gasteiger partial charge is 0.389 e. The Kier molecular flexibility index (Phi) is 5.75. The van der Waals surface area contributed by atoms with E-state index in [-0.39, 0.29) is 18.7 Å². The fourth-order valence-electron chi connectivity index (χ4n) is 1.64. The van der Waals surface area contributed by atoms with Crippen molar-refractivity contribution >= 4 is 5.69 Å². The molecule has 4 nitrogen and oxygen atoms in total. The van der Waals surface area contributed by atoms with E-state index in [1.807, 2.05) is 0 Å². The van der Waals surface area contributed by atoms with Crippen LogP contribution in [0.25, 0.3) is 0 Å². The lowest BCUT2D eigenvalue weighted by Gasteiger charge is -2.07. The van der Waals surface area contributed by atoms with Crippen LogP contribution in [-0.2, 0) is 6.54 Å². The molecule has 1 rings (SSSR count). The lowest BCUT2D eigenvalue weighted by molar-refractivity contribution is -0.385. The standard InChI is InChI=1S/C12H15F3N2O2/c13-12(14,15)7-3-4-8-16-9-10-5-1-2-6-11(10)17(18)19/h1-2,5-6,16H,3-4,7-9H2. The molecule has 0 saturated heterocycles. The number of unbranched alkanes of at least 4 members (excludes halogenated alkanes) is 1. The van der Waals surface area contributed by atoms with Crippen molar-refractivity contribution in [1.82, 2.24) is 5.32 Å². The maximum Gasteiger partial charge on any atom is 0.389 e. The minimum atomic E-state index is -4.11. The molecular weight excluding hydrogens is 261 g/mol.